The summed E-state index contributed by atoms with van der Waals surface area (Å²) >= 11 is 6.11. The highest BCUT2D eigenvalue weighted by Gasteiger charge is 2.59. The van der Waals surface area contributed by atoms with Gasteiger partial charge in [0.1, 0.15) is 75.6 Å². The number of hydrogen-bond acceptors (Lipinski definition) is 20. The maximum absolute atomic E-state index is 13.6. The third-order valence-electron chi connectivity index (χ3n) is 18.7. The van der Waals surface area contributed by atoms with E-state index in [-0.39, 0.29) is 108 Å². The summed E-state index contributed by atoms with van der Waals surface area (Å²) < 4.78 is 212. The highest BCUT2D eigenvalue weighted by Crippen LogP contribution is 2.46. The molecule has 0 saturated carbocycles. The van der Waals surface area contributed by atoms with Gasteiger partial charge in [-0.1, -0.05) is 29.8 Å². The van der Waals surface area contributed by atoms with E-state index in [4.69, 9.17) is 11.6 Å². The van der Waals surface area contributed by atoms with Gasteiger partial charge in [-0.15, -0.1) is 0 Å². The molecule has 3 amide bonds. The molecule has 3 aliphatic rings. The van der Waals surface area contributed by atoms with Crippen LogP contribution < -0.4 is 32.6 Å². The molecular formula is C66H48ClF16N23O6. The molecular weight excluding hydrogens is 1550 g/mol. The third-order valence-corrected chi connectivity index (χ3v) is 19.1. The van der Waals surface area contributed by atoms with Crippen LogP contribution in [0.3, 0.4) is 0 Å². The summed E-state index contributed by atoms with van der Waals surface area (Å²) in [4.78, 5) is 131. The Morgan fingerprint density at radius 3 is 1.09 bits per heavy atom. The standard InChI is InChI=1S/C23H17ClF5N7O2.C22H17F5N8O2.C21H14F6N8O2/c1-10-7-11(3-4-12(10)24)21(2)15-17(35-20(21)38)33-16(34-19(15)37)14-8-36-18(30-9-31-36)13(32-14)5-6-22(25,26)23(27,28)29;1-10-3-4-13(28-7-10)20(2)14-16(34-19(20)37)32-15(33-18(14)36)12-8-35-17(29-9-30-35)11(31-12)5-6-21(23,24)22(25,26)27;1-19(12-3-2-9(22)6-28-12)13-15(34-18(19)37)32-14(33-17(13)36)11-7-35-16(29-8-30-35)10(31-11)4-5-20(23,24)21(25,26)27/h3-4,7-9H,5-6H2,1-2H3,(H2,33,34,35,37,38);3-4,7-9H,5-6H2,1-2H3,(H2,32,33,34,36,37);2-3,6-8H,4-5H2,1H3,(H2,32,33,34,36,37). The molecule has 46 heteroatoms. The predicted molar refractivity (Wildman–Crippen MR) is 356 cm³/mol. The molecule has 3 aliphatic heterocycles. The number of carbonyl (C=O) groups excluding carboxylic acids is 3. The number of carbonyl (C=O) groups is 3. The number of aromatic nitrogens is 20. The number of rotatable bonds is 15. The van der Waals surface area contributed by atoms with Crippen LogP contribution in [0.1, 0.15) is 102 Å². The van der Waals surface area contributed by atoms with Crippen molar-refractivity contribution in [3.8, 4) is 34.6 Å². The minimum Gasteiger partial charge on any atom is -0.309 e. The van der Waals surface area contributed by atoms with E-state index in [2.05, 4.69) is 101 Å². The summed E-state index contributed by atoms with van der Waals surface area (Å²) in [6.45, 7) is 8.07. The van der Waals surface area contributed by atoms with E-state index in [1.807, 2.05) is 6.92 Å². The minimum atomic E-state index is -5.74. The third kappa shape index (κ3) is 13.7. The van der Waals surface area contributed by atoms with Crippen LogP contribution in [-0.2, 0) is 49.9 Å². The Bertz CT molecular complexity index is 5770. The first-order valence-corrected chi connectivity index (χ1v) is 32.9. The van der Waals surface area contributed by atoms with Gasteiger partial charge in [0.25, 0.3) is 16.7 Å². The molecule has 15 rings (SSSR count). The SMILES string of the molecule is CC1(c2ccc(F)cn2)C(=O)Nc2nc(-c3cn4ncnc4c(CCC(F)(F)C(F)(F)F)n3)[nH]c(=O)c21.Cc1cc(C2(C)C(=O)Nc3nc(-c4cn5ncnc5c(CCC(F)(F)C(F)(F)F)n4)[nH]c(=O)c32)ccc1Cl.Cc1ccc(C2(C)C(=O)Nc3nc(-c4cn5ncnc5c(CCC(F)(F)C(F)(F)F)n4)[nH]c(=O)c32)nc1. The molecule has 3 atom stereocenters. The number of hydrogen-bond donors (Lipinski definition) is 6. The fourth-order valence-corrected chi connectivity index (χ4v) is 12.5. The lowest BCUT2D eigenvalue weighted by Crippen LogP contribution is -2.37. The molecule has 6 N–H and O–H groups in total. The van der Waals surface area contributed by atoms with Gasteiger partial charge >= 0.3 is 36.3 Å². The zero-order valence-electron chi connectivity index (χ0n) is 57.4. The Kier molecular flexibility index (Phi) is 19.0. The molecule has 0 fully saturated rings. The number of H-pyrrole nitrogens is 3. The predicted octanol–water partition coefficient (Wildman–Crippen LogP) is 9.99. The lowest BCUT2D eigenvalue weighted by molar-refractivity contribution is -0.284. The van der Waals surface area contributed by atoms with Crippen molar-refractivity contribution in [1.29, 1.82) is 0 Å². The highest BCUT2D eigenvalue weighted by atomic mass is 35.5. The van der Waals surface area contributed by atoms with Crippen LogP contribution in [0.25, 0.3) is 51.5 Å². The van der Waals surface area contributed by atoms with Gasteiger partial charge < -0.3 is 30.9 Å². The first-order chi connectivity index (χ1) is 52.3. The summed E-state index contributed by atoms with van der Waals surface area (Å²) in [5.74, 6) is -18.0. The van der Waals surface area contributed by atoms with Gasteiger partial charge in [0, 0.05) is 30.5 Å². The van der Waals surface area contributed by atoms with Crippen LogP contribution in [-0.4, -0.2) is 153 Å². The molecule has 112 heavy (non-hydrogen) atoms. The average Bonchev–Trinajstić information content (AvgIpc) is 1.58. The van der Waals surface area contributed by atoms with E-state index in [0.717, 1.165) is 50.4 Å². The van der Waals surface area contributed by atoms with Crippen molar-refractivity contribution in [2.75, 3.05) is 16.0 Å². The second kappa shape index (κ2) is 27.4. The fourth-order valence-electron chi connectivity index (χ4n) is 12.4. The Morgan fingerprint density at radius 1 is 0.429 bits per heavy atom. The first kappa shape index (κ1) is 77.5. The van der Waals surface area contributed by atoms with Gasteiger partial charge in [0.2, 0.25) is 17.7 Å². The molecule has 0 saturated heterocycles. The quantitative estimate of drug-likeness (QED) is 0.0520. The van der Waals surface area contributed by atoms with Gasteiger partial charge in [0.05, 0.1) is 69.9 Å². The molecule has 14 heterocycles. The monoisotopic (exact) mass is 1600 g/mol. The zero-order chi connectivity index (χ0) is 81.1. The molecule has 0 spiro atoms. The Hall–Kier alpha value is -12.6. The van der Waals surface area contributed by atoms with Crippen LogP contribution in [0.2, 0.25) is 5.02 Å². The number of anilines is 3. The van der Waals surface area contributed by atoms with Crippen molar-refractivity contribution >= 4 is 63.7 Å². The summed E-state index contributed by atoms with van der Waals surface area (Å²) in [6, 6.07) is 10.6. The van der Waals surface area contributed by atoms with Crippen molar-refractivity contribution in [2.45, 2.75) is 126 Å². The Labute approximate surface area is 617 Å². The van der Waals surface area contributed by atoms with Gasteiger partial charge in [-0.2, -0.15) is 81.2 Å². The summed E-state index contributed by atoms with van der Waals surface area (Å²) in [5.41, 5.74) is -5.27. The first-order valence-electron chi connectivity index (χ1n) is 32.5. The molecule has 3 unspecified atom stereocenters. The number of benzene rings is 1. The van der Waals surface area contributed by atoms with E-state index >= 15 is 0 Å². The number of nitrogens with zero attached hydrogens (tertiary/aromatic N) is 17. The van der Waals surface area contributed by atoms with Gasteiger partial charge in [-0.25, -0.2) is 62.8 Å². The summed E-state index contributed by atoms with van der Waals surface area (Å²) in [7, 11) is 0. The molecule has 11 aromatic heterocycles. The Morgan fingerprint density at radius 2 is 0.768 bits per heavy atom. The number of pyridine rings is 2. The van der Waals surface area contributed by atoms with Crippen LogP contribution in [0.15, 0.2) is 107 Å². The molecule has 0 bridgehead atoms. The van der Waals surface area contributed by atoms with Gasteiger partial charge in [-0.05, 0) is 94.8 Å². The zero-order valence-corrected chi connectivity index (χ0v) is 58.1. The number of nitrogens with one attached hydrogen (secondary N) is 6. The topological polar surface area (TPSA) is 380 Å². The minimum absolute atomic E-state index is 0.0180. The molecule has 29 nitrogen and oxygen atoms in total. The molecule has 582 valence electrons. The average molecular weight is 1600 g/mol. The number of alkyl halides is 15. The normalized spacial score (nSPS) is 17.7. The number of halogens is 17. The second-order valence-electron chi connectivity index (χ2n) is 26.1. The van der Waals surface area contributed by atoms with Crippen molar-refractivity contribution in [1.82, 2.24) is 98.6 Å². The van der Waals surface area contributed by atoms with Crippen LogP contribution in [0.4, 0.5) is 87.7 Å². The second-order valence-corrected chi connectivity index (χ2v) is 26.5. The number of fused-ring (bicyclic) bond motifs is 6. The van der Waals surface area contributed by atoms with Crippen LogP contribution >= 0.6 is 11.6 Å². The molecule has 0 aliphatic carbocycles. The van der Waals surface area contributed by atoms with Crippen molar-refractivity contribution in [2.24, 2.45) is 0 Å². The van der Waals surface area contributed by atoms with Gasteiger partial charge in [0.15, 0.2) is 34.4 Å². The van der Waals surface area contributed by atoms with Crippen molar-refractivity contribution < 1.29 is 84.6 Å². The molecule has 12 aromatic rings. The number of amides is 3. The fraction of sp³-hybridized carbons (Fsp3) is 0.303. The van der Waals surface area contributed by atoms with E-state index in [9.17, 15) is 99.0 Å². The maximum Gasteiger partial charge on any atom is 0.453 e. The lowest BCUT2D eigenvalue weighted by atomic mass is 9.77. The highest BCUT2D eigenvalue weighted by molar-refractivity contribution is 6.31. The van der Waals surface area contributed by atoms with E-state index < -0.39 is 131 Å². The van der Waals surface area contributed by atoms with E-state index in [0.29, 0.717) is 21.8 Å². The van der Waals surface area contributed by atoms with Crippen molar-refractivity contribution in [3.63, 3.8) is 0 Å². The number of aromatic amines is 3. The smallest absolute Gasteiger partial charge is 0.309 e. The maximum atomic E-state index is 13.6. The lowest BCUT2D eigenvalue weighted by Gasteiger charge is -2.22. The number of aryl methyl sites for hydroxylation is 5. The summed E-state index contributed by atoms with van der Waals surface area (Å²) in [5, 5.41) is 19.8. The van der Waals surface area contributed by atoms with Gasteiger partial charge in [-0.3, -0.25) is 38.7 Å². The van der Waals surface area contributed by atoms with Crippen LogP contribution in [0, 0.1) is 19.7 Å². The van der Waals surface area contributed by atoms with E-state index in [1.54, 1.807) is 50.4 Å². The van der Waals surface area contributed by atoms with Crippen molar-refractivity contribution in [3.05, 3.63) is 196 Å². The Balaban J connectivity index is 0.000000147. The van der Waals surface area contributed by atoms with E-state index in [1.165, 1.54) is 38.5 Å². The molecule has 0 radical (unpaired) electrons. The largest absolute Gasteiger partial charge is 0.453 e. The van der Waals surface area contributed by atoms with Crippen LogP contribution in [0.5, 0.6) is 0 Å². The summed E-state index contributed by atoms with van der Waals surface area (Å²) in [6.07, 6.45) is -14.9. The molecule has 1 aromatic carbocycles.